The van der Waals surface area contributed by atoms with Gasteiger partial charge in [-0.25, -0.2) is 0 Å². The molecule has 0 aromatic heterocycles. The van der Waals surface area contributed by atoms with Gasteiger partial charge in [-0.3, -0.25) is 14.4 Å². The summed E-state index contributed by atoms with van der Waals surface area (Å²) in [6.45, 7) is 5.50. The first-order valence-corrected chi connectivity index (χ1v) is 9.50. The average Bonchev–Trinajstić information content (AvgIpc) is 2.60. The van der Waals surface area contributed by atoms with E-state index in [4.69, 9.17) is 0 Å². The first kappa shape index (κ1) is 19.0. The summed E-state index contributed by atoms with van der Waals surface area (Å²) in [6, 6.07) is 12.2. The highest BCUT2D eigenvalue weighted by molar-refractivity contribution is 8.00. The van der Waals surface area contributed by atoms with E-state index in [-0.39, 0.29) is 17.7 Å². The van der Waals surface area contributed by atoms with Crippen LogP contribution in [0.3, 0.4) is 0 Å². The fraction of sp³-hybridized carbons (Fsp3) is 0.250. The molecular weight excluding hydrogens is 362 g/mol. The van der Waals surface area contributed by atoms with Crippen LogP contribution in [0.1, 0.15) is 31.1 Å². The molecule has 0 bridgehead atoms. The van der Waals surface area contributed by atoms with Gasteiger partial charge in [0.05, 0.1) is 11.4 Å². The minimum Gasteiger partial charge on any atom is -0.326 e. The maximum atomic E-state index is 12.6. The Hall–Kier alpha value is -2.80. The minimum atomic E-state index is -0.509. The molecule has 0 aliphatic carbocycles. The Bertz CT molecular complexity index is 919. The number of carbonyl (C=O) groups is 3. The second-order valence-corrected chi connectivity index (χ2v) is 8.30. The quantitative estimate of drug-likeness (QED) is 0.748. The van der Waals surface area contributed by atoms with Crippen molar-refractivity contribution in [2.24, 2.45) is 5.41 Å². The molecule has 0 saturated carbocycles. The van der Waals surface area contributed by atoms with Crippen molar-refractivity contribution in [3.8, 4) is 0 Å². The smallest absolute Gasteiger partial charge is 0.255 e. The summed E-state index contributed by atoms with van der Waals surface area (Å²) in [6.07, 6.45) is 0. The minimum absolute atomic E-state index is 0.0765. The Morgan fingerprint density at radius 1 is 1.04 bits per heavy atom. The Labute approximate surface area is 162 Å². The number of carbonyl (C=O) groups excluding carboxylic acids is 3. The third-order valence-corrected chi connectivity index (χ3v) is 5.01. The Kier molecular flexibility index (Phi) is 5.23. The fourth-order valence-electron chi connectivity index (χ4n) is 2.42. The SMILES string of the molecule is CC(C)(C)C(=O)Nc1cccc(NC(=O)c2ccc3c(c2)NC(=O)CS3)c1. The lowest BCUT2D eigenvalue weighted by atomic mass is 9.95. The first-order valence-electron chi connectivity index (χ1n) is 8.52. The summed E-state index contributed by atoms with van der Waals surface area (Å²) >= 11 is 1.45. The van der Waals surface area contributed by atoms with Gasteiger partial charge in [0.15, 0.2) is 0 Å². The van der Waals surface area contributed by atoms with Crippen LogP contribution >= 0.6 is 11.8 Å². The van der Waals surface area contributed by atoms with E-state index in [9.17, 15) is 14.4 Å². The summed E-state index contributed by atoms with van der Waals surface area (Å²) in [5.41, 5.74) is 1.77. The predicted molar refractivity (Wildman–Crippen MR) is 108 cm³/mol. The first-order chi connectivity index (χ1) is 12.7. The monoisotopic (exact) mass is 383 g/mol. The third kappa shape index (κ3) is 4.68. The third-order valence-electron chi connectivity index (χ3n) is 3.93. The van der Waals surface area contributed by atoms with Crippen LogP contribution in [0.15, 0.2) is 47.4 Å². The predicted octanol–water partition coefficient (Wildman–Crippen LogP) is 3.97. The molecule has 0 unspecified atom stereocenters. The molecule has 3 N–H and O–H groups in total. The molecule has 6 nitrogen and oxygen atoms in total. The van der Waals surface area contributed by atoms with Crippen LogP contribution in [0.2, 0.25) is 0 Å². The molecule has 1 aliphatic heterocycles. The number of fused-ring (bicyclic) bond motifs is 1. The number of thioether (sulfide) groups is 1. The lowest BCUT2D eigenvalue weighted by Gasteiger charge is -2.18. The summed E-state index contributed by atoms with van der Waals surface area (Å²) in [5, 5.41) is 8.44. The van der Waals surface area contributed by atoms with Crippen LogP contribution in [-0.4, -0.2) is 23.5 Å². The van der Waals surface area contributed by atoms with E-state index in [0.717, 1.165) is 4.90 Å². The number of amides is 3. The second kappa shape index (κ2) is 7.44. The van der Waals surface area contributed by atoms with Crippen molar-refractivity contribution in [2.75, 3.05) is 21.7 Å². The molecule has 0 saturated heterocycles. The highest BCUT2D eigenvalue weighted by Crippen LogP contribution is 2.32. The van der Waals surface area contributed by atoms with Crippen molar-refractivity contribution >= 4 is 46.5 Å². The fourth-order valence-corrected chi connectivity index (χ4v) is 3.21. The maximum Gasteiger partial charge on any atom is 0.255 e. The number of benzene rings is 2. The van der Waals surface area contributed by atoms with E-state index in [2.05, 4.69) is 16.0 Å². The van der Waals surface area contributed by atoms with E-state index in [0.29, 0.717) is 28.4 Å². The van der Waals surface area contributed by atoms with E-state index in [1.54, 1.807) is 36.4 Å². The van der Waals surface area contributed by atoms with Crippen LogP contribution in [0.25, 0.3) is 0 Å². The number of rotatable bonds is 3. The summed E-state index contributed by atoms with van der Waals surface area (Å²) in [5.74, 6) is -0.0887. The largest absolute Gasteiger partial charge is 0.326 e. The Morgan fingerprint density at radius 3 is 2.44 bits per heavy atom. The lowest BCUT2D eigenvalue weighted by molar-refractivity contribution is -0.123. The van der Waals surface area contributed by atoms with Gasteiger partial charge in [-0.15, -0.1) is 11.8 Å². The zero-order valence-electron chi connectivity index (χ0n) is 15.4. The van der Waals surface area contributed by atoms with Crippen molar-refractivity contribution in [3.63, 3.8) is 0 Å². The highest BCUT2D eigenvalue weighted by atomic mass is 32.2. The van der Waals surface area contributed by atoms with Gasteiger partial charge in [-0.05, 0) is 36.4 Å². The number of nitrogens with one attached hydrogen (secondary N) is 3. The molecule has 2 aromatic carbocycles. The topological polar surface area (TPSA) is 87.3 Å². The number of hydrogen-bond donors (Lipinski definition) is 3. The molecule has 2 aromatic rings. The van der Waals surface area contributed by atoms with Crippen LogP contribution in [0.4, 0.5) is 17.1 Å². The molecule has 3 amide bonds. The molecule has 140 valence electrons. The van der Waals surface area contributed by atoms with Crippen molar-refractivity contribution < 1.29 is 14.4 Å². The summed E-state index contributed by atoms with van der Waals surface area (Å²) < 4.78 is 0. The maximum absolute atomic E-state index is 12.6. The summed E-state index contributed by atoms with van der Waals surface area (Å²) in [4.78, 5) is 37.1. The number of hydrogen-bond acceptors (Lipinski definition) is 4. The Balaban J connectivity index is 1.73. The van der Waals surface area contributed by atoms with E-state index >= 15 is 0 Å². The molecule has 7 heteroatoms. The normalized spacial score (nSPS) is 13.4. The van der Waals surface area contributed by atoms with Crippen LogP contribution < -0.4 is 16.0 Å². The van der Waals surface area contributed by atoms with Crippen LogP contribution in [-0.2, 0) is 9.59 Å². The standard InChI is InChI=1S/C20H21N3O3S/c1-20(2,3)19(26)22-14-6-4-5-13(10-14)21-18(25)12-7-8-16-15(9-12)23-17(24)11-27-16/h4-10H,11H2,1-3H3,(H,21,25)(H,22,26)(H,23,24). The van der Waals surface area contributed by atoms with Gasteiger partial charge in [0.25, 0.3) is 5.91 Å². The van der Waals surface area contributed by atoms with Crippen molar-refractivity contribution in [1.82, 2.24) is 0 Å². The van der Waals surface area contributed by atoms with Crippen LogP contribution in [0, 0.1) is 5.41 Å². The molecule has 0 spiro atoms. The molecule has 27 heavy (non-hydrogen) atoms. The molecule has 1 heterocycles. The summed E-state index contributed by atoms with van der Waals surface area (Å²) in [7, 11) is 0. The average molecular weight is 383 g/mol. The molecule has 0 radical (unpaired) electrons. The zero-order valence-corrected chi connectivity index (χ0v) is 16.2. The van der Waals surface area contributed by atoms with Crippen molar-refractivity contribution in [3.05, 3.63) is 48.0 Å². The number of anilines is 3. The molecule has 3 rings (SSSR count). The molecule has 0 fully saturated rings. The second-order valence-electron chi connectivity index (χ2n) is 7.29. The van der Waals surface area contributed by atoms with Crippen molar-refractivity contribution in [2.45, 2.75) is 25.7 Å². The van der Waals surface area contributed by atoms with E-state index in [1.807, 2.05) is 26.8 Å². The van der Waals surface area contributed by atoms with Gasteiger partial charge >= 0.3 is 0 Å². The van der Waals surface area contributed by atoms with Gasteiger partial charge in [-0.2, -0.15) is 0 Å². The molecular formula is C20H21N3O3S. The van der Waals surface area contributed by atoms with Gasteiger partial charge in [0.1, 0.15) is 0 Å². The lowest BCUT2D eigenvalue weighted by Crippen LogP contribution is -2.27. The zero-order chi connectivity index (χ0) is 19.6. The van der Waals surface area contributed by atoms with Gasteiger partial charge in [0.2, 0.25) is 11.8 Å². The van der Waals surface area contributed by atoms with E-state index < -0.39 is 5.41 Å². The Morgan fingerprint density at radius 2 is 1.74 bits per heavy atom. The highest BCUT2D eigenvalue weighted by Gasteiger charge is 2.21. The molecule has 0 atom stereocenters. The van der Waals surface area contributed by atoms with Crippen LogP contribution in [0.5, 0.6) is 0 Å². The van der Waals surface area contributed by atoms with Gasteiger partial charge < -0.3 is 16.0 Å². The molecule has 1 aliphatic rings. The van der Waals surface area contributed by atoms with Gasteiger partial charge in [-0.1, -0.05) is 26.8 Å². The van der Waals surface area contributed by atoms with Crippen molar-refractivity contribution in [1.29, 1.82) is 0 Å². The van der Waals surface area contributed by atoms with Gasteiger partial charge in [0, 0.05) is 27.2 Å². The van der Waals surface area contributed by atoms with E-state index in [1.165, 1.54) is 11.8 Å².